The van der Waals surface area contributed by atoms with Crippen molar-refractivity contribution in [2.75, 3.05) is 6.61 Å². The Morgan fingerprint density at radius 1 is 1.30 bits per heavy atom. The molecule has 108 valence electrons. The highest BCUT2D eigenvalue weighted by atomic mass is 16.5. The third-order valence-electron chi connectivity index (χ3n) is 3.21. The van der Waals surface area contributed by atoms with Gasteiger partial charge < -0.3 is 9.84 Å². The highest BCUT2D eigenvalue weighted by Gasteiger charge is 2.12. The number of unbranched alkanes of at least 4 members (excludes halogenated alkanes) is 1. The van der Waals surface area contributed by atoms with E-state index in [-0.39, 0.29) is 0 Å². The number of aliphatic hydroxyl groups excluding tert-OH is 1. The van der Waals surface area contributed by atoms with E-state index in [2.05, 4.69) is 17.0 Å². The minimum absolute atomic E-state index is 0.451. The highest BCUT2D eigenvalue weighted by Crippen LogP contribution is 2.20. The van der Waals surface area contributed by atoms with Crippen molar-refractivity contribution >= 4 is 0 Å². The van der Waals surface area contributed by atoms with Crippen LogP contribution in [0.5, 0.6) is 5.75 Å². The third kappa shape index (κ3) is 3.81. The maximum Gasteiger partial charge on any atom is 0.138 e. The molecule has 1 aromatic carbocycles. The van der Waals surface area contributed by atoms with Crippen molar-refractivity contribution in [1.82, 2.24) is 14.8 Å². The van der Waals surface area contributed by atoms with Gasteiger partial charge in [-0.15, -0.1) is 0 Å². The number of hydrogen-bond acceptors (Lipinski definition) is 4. The van der Waals surface area contributed by atoms with Gasteiger partial charge in [-0.3, -0.25) is 4.68 Å². The average molecular weight is 275 g/mol. The van der Waals surface area contributed by atoms with Crippen molar-refractivity contribution in [3.05, 3.63) is 42.0 Å². The summed E-state index contributed by atoms with van der Waals surface area (Å²) in [5.74, 6) is 1.61. The molecule has 2 rings (SSSR count). The van der Waals surface area contributed by atoms with E-state index >= 15 is 0 Å². The number of aryl methyl sites for hydroxylation is 1. The number of aromatic nitrogens is 3. The largest absolute Gasteiger partial charge is 0.494 e. The van der Waals surface area contributed by atoms with Crippen molar-refractivity contribution in [1.29, 1.82) is 0 Å². The Kier molecular flexibility index (Phi) is 5.12. The van der Waals surface area contributed by atoms with Crippen molar-refractivity contribution in [3.63, 3.8) is 0 Å². The second kappa shape index (κ2) is 7.05. The molecule has 0 aliphatic carbocycles. The fourth-order valence-corrected chi connectivity index (χ4v) is 1.92. The van der Waals surface area contributed by atoms with Gasteiger partial charge in [0.25, 0.3) is 0 Å². The predicted octanol–water partition coefficient (Wildman–Crippen LogP) is 2.27. The van der Waals surface area contributed by atoms with Crippen molar-refractivity contribution in [2.24, 2.45) is 7.05 Å². The molecule has 0 bridgehead atoms. The average Bonchev–Trinajstić information content (AvgIpc) is 2.85. The van der Waals surface area contributed by atoms with Gasteiger partial charge in [0.15, 0.2) is 0 Å². The van der Waals surface area contributed by atoms with Crippen LogP contribution in [0.15, 0.2) is 30.6 Å². The van der Waals surface area contributed by atoms with Gasteiger partial charge in [0.2, 0.25) is 0 Å². The molecule has 1 N–H and O–H groups in total. The smallest absolute Gasteiger partial charge is 0.138 e. The Bertz CT molecular complexity index is 522. The third-order valence-corrected chi connectivity index (χ3v) is 3.21. The first-order valence-electron chi connectivity index (χ1n) is 6.94. The van der Waals surface area contributed by atoms with Crippen LogP contribution in [0.1, 0.15) is 37.3 Å². The molecule has 0 aliphatic rings. The Morgan fingerprint density at radius 2 is 2.05 bits per heavy atom. The van der Waals surface area contributed by atoms with E-state index in [1.54, 1.807) is 4.68 Å². The molecule has 0 fully saturated rings. The number of hydrogen-bond donors (Lipinski definition) is 1. The van der Waals surface area contributed by atoms with E-state index in [4.69, 9.17) is 4.74 Å². The fourth-order valence-electron chi connectivity index (χ4n) is 1.92. The summed E-state index contributed by atoms with van der Waals surface area (Å²) in [7, 11) is 1.82. The van der Waals surface area contributed by atoms with Gasteiger partial charge in [-0.05, 0) is 24.1 Å². The predicted molar refractivity (Wildman–Crippen MR) is 76.5 cm³/mol. The lowest BCUT2D eigenvalue weighted by molar-refractivity contribution is 0.174. The quantitative estimate of drug-likeness (QED) is 0.787. The molecule has 1 heterocycles. The molecule has 0 aliphatic heterocycles. The fraction of sp³-hybridized carbons (Fsp3) is 0.467. The zero-order chi connectivity index (χ0) is 14.4. The van der Waals surface area contributed by atoms with Crippen LogP contribution >= 0.6 is 0 Å². The summed E-state index contributed by atoms with van der Waals surface area (Å²) >= 11 is 0. The maximum atomic E-state index is 10.2. The van der Waals surface area contributed by atoms with E-state index in [1.807, 2.05) is 31.3 Å². The van der Waals surface area contributed by atoms with Crippen LogP contribution in [0, 0.1) is 0 Å². The van der Waals surface area contributed by atoms with Gasteiger partial charge >= 0.3 is 0 Å². The normalized spacial score (nSPS) is 12.3. The Balaban J connectivity index is 1.93. The van der Waals surface area contributed by atoms with Gasteiger partial charge in [0, 0.05) is 13.5 Å². The Labute approximate surface area is 119 Å². The summed E-state index contributed by atoms with van der Waals surface area (Å²) < 4.78 is 7.27. The molecule has 0 radical (unpaired) electrons. The molecule has 1 aromatic heterocycles. The molecule has 1 unspecified atom stereocenters. The van der Waals surface area contributed by atoms with Crippen LogP contribution in [-0.2, 0) is 13.5 Å². The summed E-state index contributed by atoms with van der Waals surface area (Å²) in [5, 5.41) is 14.2. The van der Waals surface area contributed by atoms with E-state index < -0.39 is 6.10 Å². The summed E-state index contributed by atoms with van der Waals surface area (Å²) in [6.07, 6.45) is 3.53. The zero-order valence-electron chi connectivity index (χ0n) is 12.0. The van der Waals surface area contributed by atoms with Gasteiger partial charge in [-0.25, -0.2) is 4.98 Å². The molecule has 0 amide bonds. The topological polar surface area (TPSA) is 60.2 Å². The first kappa shape index (κ1) is 14.5. The molecule has 2 aromatic rings. The molecule has 20 heavy (non-hydrogen) atoms. The van der Waals surface area contributed by atoms with Crippen LogP contribution < -0.4 is 4.74 Å². The SMILES string of the molecule is CCCCOc1ccc(C(O)Cc2ncnn2C)cc1. The lowest BCUT2D eigenvalue weighted by Gasteiger charge is -2.11. The van der Waals surface area contributed by atoms with Crippen molar-refractivity contribution in [2.45, 2.75) is 32.3 Å². The molecule has 0 spiro atoms. The summed E-state index contributed by atoms with van der Waals surface area (Å²) in [5.41, 5.74) is 0.857. The Morgan fingerprint density at radius 3 is 2.65 bits per heavy atom. The van der Waals surface area contributed by atoms with E-state index in [0.29, 0.717) is 6.42 Å². The lowest BCUT2D eigenvalue weighted by Crippen LogP contribution is -2.07. The van der Waals surface area contributed by atoms with Gasteiger partial charge in [0.1, 0.15) is 17.9 Å². The number of aliphatic hydroxyl groups is 1. The molecule has 0 saturated heterocycles. The van der Waals surface area contributed by atoms with Crippen LogP contribution in [0.4, 0.5) is 0 Å². The van der Waals surface area contributed by atoms with E-state index in [0.717, 1.165) is 36.6 Å². The van der Waals surface area contributed by atoms with Crippen molar-refractivity contribution < 1.29 is 9.84 Å². The molecular formula is C15H21N3O2. The summed E-state index contributed by atoms with van der Waals surface area (Å²) in [4.78, 5) is 4.12. The number of nitrogens with zero attached hydrogens (tertiary/aromatic N) is 3. The second-order valence-corrected chi connectivity index (χ2v) is 4.79. The molecule has 5 nitrogen and oxygen atoms in total. The number of rotatable bonds is 7. The second-order valence-electron chi connectivity index (χ2n) is 4.79. The van der Waals surface area contributed by atoms with Crippen LogP contribution in [-0.4, -0.2) is 26.5 Å². The van der Waals surface area contributed by atoms with Crippen LogP contribution in [0.2, 0.25) is 0 Å². The van der Waals surface area contributed by atoms with Crippen LogP contribution in [0.25, 0.3) is 0 Å². The van der Waals surface area contributed by atoms with Crippen LogP contribution in [0.3, 0.4) is 0 Å². The lowest BCUT2D eigenvalue weighted by atomic mass is 10.1. The van der Waals surface area contributed by atoms with Crippen molar-refractivity contribution in [3.8, 4) is 5.75 Å². The first-order chi connectivity index (χ1) is 9.70. The minimum Gasteiger partial charge on any atom is -0.494 e. The Hall–Kier alpha value is -1.88. The maximum absolute atomic E-state index is 10.2. The first-order valence-corrected chi connectivity index (χ1v) is 6.94. The highest BCUT2D eigenvalue weighted by molar-refractivity contribution is 5.28. The summed E-state index contributed by atoms with van der Waals surface area (Å²) in [6.45, 7) is 2.87. The van der Waals surface area contributed by atoms with Gasteiger partial charge in [-0.1, -0.05) is 25.5 Å². The zero-order valence-corrected chi connectivity index (χ0v) is 12.0. The number of ether oxygens (including phenoxy) is 1. The standard InChI is InChI=1S/C15H21N3O2/c1-3-4-9-20-13-7-5-12(6-8-13)14(19)10-15-16-11-17-18(15)2/h5-8,11,14,19H,3-4,9-10H2,1-2H3. The van der Waals surface area contributed by atoms with E-state index in [9.17, 15) is 5.11 Å². The molecule has 0 saturated carbocycles. The van der Waals surface area contributed by atoms with Gasteiger partial charge in [-0.2, -0.15) is 5.10 Å². The molecular weight excluding hydrogens is 254 g/mol. The number of benzene rings is 1. The molecule has 5 heteroatoms. The minimum atomic E-state index is -0.581. The monoisotopic (exact) mass is 275 g/mol. The van der Waals surface area contributed by atoms with Gasteiger partial charge in [0.05, 0.1) is 12.7 Å². The molecule has 1 atom stereocenters. The van der Waals surface area contributed by atoms with E-state index in [1.165, 1.54) is 6.33 Å². The summed E-state index contributed by atoms with van der Waals surface area (Å²) in [6, 6.07) is 7.57.